The molecule has 0 unspecified atom stereocenters. The van der Waals surface area contributed by atoms with E-state index in [0.29, 0.717) is 6.04 Å². The molecule has 4 heteroatoms. The predicted molar refractivity (Wildman–Crippen MR) is 75.7 cm³/mol. The minimum atomic E-state index is 0.335. The smallest absolute Gasteiger partial charge is 0.127 e. The standard InChI is InChI=1S/C14H24N4/c1-17(2)14-7-6-12(9-16-14)10-18-8-4-3-5-13(15)11-18/h6-7,9,13H,3-5,8,10-11,15H2,1-2H3/t13-/m0/s1. The van der Waals surface area contributed by atoms with Gasteiger partial charge < -0.3 is 10.6 Å². The summed E-state index contributed by atoms with van der Waals surface area (Å²) in [4.78, 5) is 8.92. The van der Waals surface area contributed by atoms with Gasteiger partial charge in [-0.1, -0.05) is 12.5 Å². The second-order valence-corrected chi connectivity index (χ2v) is 5.41. The van der Waals surface area contributed by atoms with Crippen LogP contribution in [0.5, 0.6) is 0 Å². The molecule has 18 heavy (non-hydrogen) atoms. The van der Waals surface area contributed by atoms with Crippen LogP contribution >= 0.6 is 0 Å². The molecule has 2 rings (SSSR count). The fourth-order valence-corrected chi connectivity index (χ4v) is 2.43. The zero-order valence-corrected chi connectivity index (χ0v) is 11.5. The fourth-order valence-electron chi connectivity index (χ4n) is 2.43. The summed E-state index contributed by atoms with van der Waals surface area (Å²) in [6.45, 7) is 3.13. The van der Waals surface area contributed by atoms with E-state index in [1.807, 2.05) is 25.2 Å². The van der Waals surface area contributed by atoms with Crippen molar-refractivity contribution in [3.05, 3.63) is 23.9 Å². The number of pyridine rings is 1. The van der Waals surface area contributed by atoms with Gasteiger partial charge in [-0.05, 0) is 31.0 Å². The molecule has 0 aromatic carbocycles. The zero-order valence-electron chi connectivity index (χ0n) is 11.5. The van der Waals surface area contributed by atoms with Crippen molar-refractivity contribution in [2.45, 2.75) is 31.8 Å². The predicted octanol–water partition coefficient (Wildman–Crippen LogP) is 1.46. The number of hydrogen-bond donors (Lipinski definition) is 1. The maximum atomic E-state index is 6.08. The van der Waals surface area contributed by atoms with Crippen LogP contribution in [0.15, 0.2) is 18.3 Å². The van der Waals surface area contributed by atoms with Crippen LogP contribution in [0.25, 0.3) is 0 Å². The lowest BCUT2D eigenvalue weighted by molar-refractivity contribution is 0.265. The highest BCUT2D eigenvalue weighted by atomic mass is 15.1. The summed E-state index contributed by atoms with van der Waals surface area (Å²) in [5, 5.41) is 0. The molecule has 4 nitrogen and oxygen atoms in total. The SMILES string of the molecule is CN(C)c1ccc(CN2CCCC[C@H](N)C2)cn1. The summed E-state index contributed by atoms with van der Waals surface area (Å²) >= 11 is 0. The number of rotatable bonds is 3. The van der Waals surface area contributed by atoms with E-state index in [4.69, 9.17) is 5.73 Å². The maximum absolute atomic E-state index is 6.08. The summed E-state index contributed by atoms with van der Waals surface area (Å²) in [6, 6.07) is 4.58. The van der Waals surface area contributed by atoms with Crippen LogP contribution < -0.4 is 10.6 Å². The molecule has 1 saturated heterocycles. The molecular formula is C14H24N4. The molecule has 0 aliphatic carbocycles. The van der Waals surface area contributed by atoms with Crippen molar-refractivity contribution in [1.82, 2.24) is 9.88 Å². The molecule has 1 aromatic rings. The van der Waals surface area contributed by atoms with Crippen molar-refractivity contribution in [1.29, 1.82) is 0 Å². The first-order chi connectivity index (χ1) is 8.65. The summed E-state index contributed by atoms with van der Waals surface area (Å²) < 4.78 is 0. The summed E-state index contributed by atoms with van der Waals surface area (Å²) in [5.74, 6) is 1.01. The average Bonchev–Trinajstić information content (AvgIpc) is 2.54. The maximum Gasteiger partial charge on any atom is 0.127 e. The Bertz CT molecular complexity index is 361. The van der Waals surface area contributed by atoms with E-state index in [1.165, 1.54) is 18.4 Å². The van der Waals surface area contributed by atoms with Gasteiger partial charge >= 0.3 is 0 Å². The van der Waals surface area contributed by atoms with Crippen molar-refractivity contribution >= 4 is 5.82 Å². The molecule has 0 spiro atoms. The third-order valence-electron chi connectivity index (χ3n) is 3.47. The van der Waals surface area contributed by atoms with Crippen LogP contribution in [-0.2, 0) is 6.54 Å². The first-order valence-corrected chi connectivity index (χ1v) is 6.75. The number of hydrogen-bond acceptors (Lipinski definition) is 4. The van der Waals surface area contributed by atoms with Crippen LogP contribution in [0.3, 0.4) is 0 Å². The molecule has 1 fully saturated rings. The number of likely N-dealkylation sites (tertiary alicyclic amines) is 1. The highest BCUT2D eigenvalue weighted by Gasteiger charge is 2.15. The van der Waals surface area contributed by atoms with Crippen LogP contribution in [0.1, 0.15) is 24.8 Å². The molecule has 0 bridgehead atoms. The number of nitrogens with zero attached hydrogens (tertiary/aromatic N) is 3. The molecule has 2 N–H and O–H groups in total. The van der Waals surface area contributed by atoms with Gasteiger partial charge in [0, 0.05) is 39.4 Å². The number of anilines is 1. The third-order valence-corrected chi connectivity index (χ3v) is 3.47. The lowest BCUT2D eigenvalue weighted by Gasteiger charge is -2.22. The monoisotopic (exact) mass is 248 g/mol. The molecule has 1 aliphatic rings. The van der Waals surface area contributed by atoms with E-state index in [9.17, 15) is 0 Å². The van der Waals surface area contributed by atoms with Crippen LogP contribution in [0.4, 0.5) is 5.82 Å². The molecule has 0 amide bonds. The van der Waals surface area contributed by atoms with Crippen LogP contribution in [-0.4, -0.2) is 43.1 Å². The van der Waals surface area contributed by atoms with Gasteiger partial charge in [0.15, 0.2) is 0 Å². The number of nitrogens with two attached hydrogens (primary N) is 1. The quantitative estimate of drug-likeness (QED) is 0.879. The minimum absolute atomic E-state index is 0.335. The van der Waals surface area contributed by atoms with Gasteiger partial charge in [-0.3, -0.25) is 4.90 Å². The Hall–Kier alpha value is -1.13. The Labute approximate surface area is 110 Å². The Morgan fingerprint density at radius 1 is 1.39 bits per heavy atom. The molecule has 1 aliphatic heterocycles. The van der Waals surface area contributed by atoms with Gasteiger partial charge in [0.25, 0.3) is 0 Å². The highest BCUT2D eigenvalue weighted by Crippen LogP contribution is 2.14. The van der Waals surface area contributed by atoms with Gasteiger partial charge in [-0.15, -0.1) is 0 Å². The average molecular weight is 248 g/mol. The van der Waals surface area contributed by atoms with E-state index in [0.717, 1.165) is 31.9 Å². The van der Waals surface area contributed by atoms with E-state index < -0.39 is 0 Å². The molecule has 1 atom stereocenters. The van der Waals surface area contributed by atoms with Gasteiger partial charge in [0.05, 0.1) is 0 Å². The third kappa shape index (κ3) is 3.68. The van der Waals surface area contributed by atoms with Crippen molar-refractivity contribution in [3.63, 3.8) is 0 Å². The van der Waals surface area contributed by atoms with Gasteiger partial charge in [0.2, 0.25) is 0 Å². The highest BCUT2D eigenvalue weighted by molar-refractivity contribution is 5.37. The topological polar surface area (TPSA) is 45.4 Å². The first kappa shape index (κ1) is 13.3. The lowest BCUT2D eigenvalue weighted by atomic mass is 10.1. The largest absolute Gasteiger partial charge is 0.363 e. The first-order valence-electron chi connectivity index (χ1n) is 6.75. The van der Waals surface area contributed by atoms with Gasteiger partial charge in [-0.2, -0.15) is 0 Å². The Kier molecular flexibility index (Phi) is 4.55. The van der Waals surface area contributed by atoms with E-state index in [1.54, 1.807) is 0 Å². The Morgan fingerprint density at radius 3 is 2.89 bits per heavy atom. The molecular weight excluding hydrogens is 224 g/mol. The molecule has 0 radical (unpaired) electrons. The van der Waals surface area contributed by atoms with E-state index in [2.05, 4.69) is 22.0 Å². The van der Waals surface area contributed by atoms with Crippen molar-refractivity contribution in [2.75, 3.05) is 32.1 Å². The summed E-state index contributed by atoms with van der Waals surface area (Å²) in [7, 11) is 4.02. The second-order valence-electron chi connectivity index (χ2n) is 5.41. The van der Waals surface area contributed by atoms with Crippen molar-refractivity contribution < 1.29 is 0 Å². The van der Waals surface area contributed by atoms with E-state index in [-0.39, 0.29) is 0 Å². The van der Waals surface area contributed by atoms with E-state index >= 15 is 0 Å². The fraction of sp³-hybridized carbons (Fsp3) is 0.643. The summed E-state index contributed by atoms with van der Waals surface area (Å²) in [6.07, 6.45) is 5.66. The Balaban J connectivity index is 1.95. The Morgan fingerprint density at radius 2 is 2.22 bits per heavy atom. The van der Waals surface area contributed by atoms with Crippen LogP contribution in [0, 0.1) is 0 Å². The van der Waals surface area contributed by atoms with Crippen molar-refractivity contribution in [3.8, 4) is 0 Å². The summed E-state index contributed by atoms with van der Waals surface area (Å²) in [5.41, 5.74) is 7.35. The zero-order chi connectivity index (χ0) is 13.0. The molecule has 1 aromatic heterocycles. The van der Waals surface area contributed by atoms with Gasteiger partial charge in [-0.25, -0.2) is 4.98 Å². The number of aromatic nitrogens is 1. The minimum Gasteiger partial charge on any atom is -0.363 e. The lowest BCUT2D eigenvalue weighted by Crippen LogP contribution is -2.35. The molecule has 2 heterocycles. The normalized spacial score (nSPS) is 21.6. The van der Waals surface area contributed by atoms with Gasteiger partial charge in [0.1, 0.15) is 5.82 Å². The molecule has 100 valence electrons. The molecule has 0 saturated carbocycles. The van der Waals surface area contributed by atoms with Crippen molar-refractivity contribution in [2.24, 2.45) is 5.73 Å². The second kappa shape index (κ2) is 6.16. The van der Waals surface area contributed by atoms with Crippen LogP contribution in [0.2, 0.25) is 0 Å².